The molecule has 1 aromatic heterocycles. The zero-order valence-electron chi connectivity index (χ0n) is 15.2. The molecule has 1 aromatic carbocycles. The van der Waals surface area contributed by atoms with E-state index in [0.717, 1.165) is 24.2 Å². The van der Waals surface area contributed by atoms with Gasteiger partial charge in [0.15, 0.2) is 5.96 Å². The zero-order chi connectivity index (χ0) is 17.5. The number of hydrogen-bond donors (Lipinski definition) is 1. The maximum atomic E-state index is 6.19. The van der Waals surface area contributed by atoms with E-state index in [0.29, 0.717) is 30.9 Å². The van der Waals surface area contributed by atoms with Gasteiger partial charge in [0.2, 0.25) is 5.88 Å². The van der Waals surface area contributed by atoms with Crippen molar-refractivity contribution in [1.29, 1.82) is 0 Å². The van der Waals surface area contributed by atoms with Crippen molar-refractivity contribution in [3.05, 3.63) is 59.8 Å². The van der Waals surface area contributed by atoms with E-state index >= 15 is 0 Å². The second kappa shape index (κ2) is 10.4. The van der Waals surface area contributed by atoms with Gasteiger partial charge in [-0.05, 0) is 30.4 Å². The number of rotatable bonds is 5. The fourth-order valence-corrected chi connectivity index (χ4v) is 3.06. The van der Waals surface area contributed by atoms with Crippen LogP contribution in [0.1, 0.15) is 30.9 Å². The quantitative estimate of drug-likeness (QED) is 0.414. The summed E-state index contributed by atoms with van der Waals surface area (Å²) in [4.78, 5) is 11.1. The Kier molecular flexibility index (Phi) is 8.15. The summed E-state index contributed by atoms with van der Waals surface area (Å²) in [5.74, 6) is 1.91. The molecule has 26 heavy (non-hydrogen) atoms. The van der Waals surface area contributed by atoms with Gasteiger partial charge in [-0.15, -0.1) is 24.0 Å². The van der Waals surface area contributed by atoms with Crippen LogP contribution in [0.3, 0.4) is 0 Å². The highest BCUT2D eigenvalue weighted by Crippen LogP contribution is 2.18. The molecule has 1 aliphatic heterocycles. The number of likely N-dealkylation sites (tertiary alicyclic amines) is 1. The van der Waals surface area contributed by atoms with Crippen LogP contribution in [0.4, 0.5) is 0 Å². The molecule has 1 aliphatic rings. The molecule has 0 spiro atoms. The number of piperidine rings is 1. The molecule has 140 valence electrons. The van der Waals surface area contributed by atoms with E-state index in [9.17, 15) is 0 Å². The van der Waals surface area contributed by atoms with Crippen LogP contribution < -0.4 is 10.5 Å². The average molecular weight is 466 g/mol. The second-order valence-electron chi connectivity index (χ2n) is 6.61. The van der Waals surface area contributed by atoms with Gasteiger partial charge in [0.05, 0.1) is 6.54 Å². The van der Waals surface area contributed by atoms with E-state index in [1.165, 1.54) is 12.8 Å². The van der Waals surface area contributed by atoms with Crippen molar-refractivity contribution >= 4 is 29.9 Å². The Hall–Kier alpha value is -1.83. The summed E-state index contributed by atoms with van der Waals surface area (Å²) in [6, 6.07) is 14.0. The number of ether oxygens (including phenoxy) is 1. The van der Waals surface area contributed by atoms with E-state index < -0.39 is 0 Å². The molecule has 1 fully saturated rings. The third kappa shape index (κ3) is 5.86. The molecule has 2 N–H and O–H groups in total. The topological polar surface area (TPSA) is 63.7 Å². The monoisotopic (exact) mass is 466 g/mol. The van der Waals surface area contributed by atoms with Gasteiger partial charge in [0.1, 0.15) is 6.61 Å². The summed E-state index contributed by atoms with van der Waals surface area (Å²) >= 11 is 0. The maximum absolute atomic E-state index is 6.19. The summed E-state index contributed by atoms with van der Waals surface area (Å²) in [6.45, 7) is 5.21. The summed E-state index contributed by atoms with van der Waals surface area (Å²) in [6.07, 6.45) is 4.18. The number of aromatic nitrogens is 1. The van der Waals surface area contributed by atoms with Crippen molar-refractivity contribution in [2.24, 2.45) is 16.6 Å². The van der Waals surface area contributed by atoms with Crippen LogP contribution in [0.5, 0.6) is 5.88 Å². The fourth-order valence-electron chi connectivity index (χ4n) is 3.06. The third-order valence-electron chi connectivity index (χ3n) is 4.46. The van der Waals surface area contributed by atoms with Crippen LogP contribution in [-0.4, -0.2) is 28.9 Å². The Morgan fingerprint density at radius 1 is 1.27 bits per heavy atom. The van der Waals surface area contributed by atoms with Gasteiger partial charge < -0.3 is 15.4 Å². The van der Waals surface area contributed by atoms with Gasteiger partial charge in [-0.3, -0.25) is 0 Å². The van der Waals surface area contributed by atoms with Crippen molar-refractivity contribution in [3.63, 3.8) is 0 Å². The first kappa shape index (κ1) is 20.5. The van der Waals surface area contributed by atoms with E-state index in [4.69, 9.17) is 10.5 Å². The molecular formula is C20H27IN4O. The Morgan fingerprint density at radius 3 is 2.85 bits per heavy atom. The van der Waals surface area contributed by atoms with E-state index in [2.05, 4.69) is 21.8 Å². The fraction of sp³-hybridized carbons (Fsp3) is 0.400. The predicted octanol–water partition coefficient (Wildman–Crippen LogP) is 3.83. The van der Waals surface area contributed by atoms with Crippen LogP contribution in [0, 0.1) is 5.92 Å². The molecule has 2 heterocycles. The first-order chi connectivity index (χ1) is 12.2. The normalized spacial score (nSPS) is 17.5. The van der Waals surface area contributed by atoms with Crippen LogP contribution >= 0.6 is 24.0 Å². The molecule has 0 radical (unpaired) electrons. The third-order valence-corrected chi connectivity index (χ3v) is 4.46. The lowest BCUT2D eigenvalue weighted by Gasteiger charge is -2.31. The molecular weight excluding hydrogens is 439 g/mol. The molecule has 1 atom stereocenters. The number of benzene rings is 1. The van der Waals surface area contributed by atoms with Crippen LogP contribution in [0.15, 0.2) is 53.7 Å². The lowest BCUT2D eigenvalue weighted by Crippen LogP contribution is -2.43. The molecule has 5 nitrogen and oxygen atoms in total. The number of halogens is 1. The van der Waals surface area contributed by atoms with Gasteiger partial charge in [-0.2, -0.15) is 0 Å². The minimum atomic E-state index is 0. The second-order valence-corrected chi connectivity index (χ2v) is 6.61. The van der Waals surface area contributed by atoms with E-state index in [1.807, 2.05) is 42.5 Å². The summed E-state index contributed by atoms with van der Waals surface area (Å²) in [5.41, 5.74) is 8.25. The Labute approximate surface area is 172 Å². The van der Waals surface area contributed by atoms with Gasteiger partial charge >= 0.3 is 0 Å². The number of guanidine groups is 1. The van der Waals surface area contributed by atoms with Gasteiger partial charge in [0.25, 0.3) is 0 Å². The highest BCUT2D eigenvalue weighted by molar-refractivity contribution is 14.0. The van der Waals surface area contributed by atoms with Crippen molar-refractivity contribution in [2.45, 2.75) is 32.9 Å². The van der Waals surface area contributed by atoms with Crippen molar-refractivity contribution < 1.29 is 4.74 Å². The maximum Gasteiger partial charge on any atom is 0.218 e. The lowest BCUT2D eigenvalue weighted by molar-refractivity contribution is 0.270. The van der Waals surface area contributed by atoms with Crippen LogP contribution in [0.25, 0.3) is 0 Å². The Bertz CT molecular complexity index is 708. The standard InChI is InChI=1S/C20H26N4O.HI/c1-16-7-6-12-24(14-16)20(21)23-13-18-10-5-11-22-19(18)25-15-17-8-3-2-4-9-17;/h2-5,8-11,16H,6-7,12-15H2,1H3,(H2,21,23);1H. The van der Waals surface area contributed by atoms with Crippen molar-refractivity contribution in [3.8, 4) is 5.88 Å². The largest absolute Gasteiger partial charge is 0.473 e. The summed E-state index contributed by atoms with van der Waals surface area (Å²) in [7, 11) is 0. The SMILES string of the molecule is CC1CCCN(C(N)=NCc2cccnc2OCc2ccccc2)C1.I. The van der Waals surface area contributed by atoms with Gasteiger partial charge in [-0.25, -0.2) is 9.98 Å². The highest BCUT2D eigenvalue weighted by atomic mass is 127. The molecule has 1 unspecified atom stereocenters. The van der Waals surface area contributed by atoms with Crippen LogP contribution in [0.2, 0.25) is 0 Å². The molecule has 0 amide bonds. The van der Waals surface area contributed by atoms with Crippen molar-refractivity contribution in [1.82, 2.24) is 9.88 Å². The molecule has 0 saturated carbocycles. The number of hydrogen-bond acceptors (Lipinski definition) is 3. The predicted molar refractivity (Wildman–Crippen MR) is 116 cm³/mol. The number of nitrogens with two attached hydrogens (primary N) is 1. The number of aliphatic imine (C=N–C) groups is 1. The lowest BCUT2D eigenvalue weighted by atomic mass is 10.0. The molecule has 0 aliphatic carbocycles. The van der Waals surface area contributed by atoms with E-state index in [1.54, 1.807) is 6.20 Å². The molecule has 3 rings (SSSR count). The number of pyridine rings is 1. The first-order valence-corrected chi connectivity index (χ1v) is 8.88. The Balaban J connectivity index is 0.00000243. The van der Waals surface area contributed by atoms with E-state index in [-0.39, 0.29) is 24.0 Å². The Morgan fingerprint density at radius 2 is 2.08 bits per heavy atom. The minimum Gasteiger partial charge on any atom is -0.473 e. The molecule has 6 heteroatoms. The first-order valence-electron chi connectivity index (χ1n) is 8.88. The molecule has 1 saturated heterocycles. The smallest absolute Gasteiger partial charge is 0.218 e. The van der Waals surface area contributed by atoms with Crippen molar-refractivity contribution in [2.75, 3.05) is 13.1 Å². The molecule has 0 bridgehead atoms. The number of nitrogens with zero attached hydrogens (tertiary/aromatic N) is 3. The van der Waals surface area contributed by atoms with Crippen LogP contribution in [-0.2, 0) is 13.2 Å². The summed E-state index contributed by atoms with van der Waals surface area (Å²) in [5, 5.41) is 0. The van der Waals surface area contributed by atoms with Gasteiger partial charge in [-0.1, -0.05) is 43.3 Å². The molecule has 2 aromatic rings. The highest BCUT2D eigenvalue weighted by Gasteiger charge is 2.17. The summed E-state index contributed by atoms with van der Waals surface area (Å²) < 4.78 is 5.88. The zero-order valence-corrected chi connectivity index (χ0v) is 17.5. The minimum absolute atomic E-state index is 0. The van der Waals surface area contributed by atoms with Gasteiger partial charge in [0, 0.05) is 24.8 Å². The average Bonchev–Trinajstić information content (AvgIpc) is 2.66.